The van der Waals surface area contributed by atoms with Gasteiger partial charge >= 0.3 is 0 Å². The Hall–Kier alpha value is -2.60. The van der Waals surface area contributed by atoms with E-state index in [4.69, 9.17) is 23.7 Å². The van der Waals surface area contributed by atoms with Crippen LogP contribution in [-0.4, -0.2) is 40.1 Å². The van der Waals surface area contributed by atoms with Crippen LogP contribution in [0.25, 0.3) is 0 Å². The molecule has 142 valence electrons. The van der Waals surface area contributed by atoms with Crippen LogP contribution in [0.3, 0.4) is 0 Å². The SMILES string of the molecule is COc1cc2c(cc1OC)C1Cc3c(cc(OC)c4c3OCO4)C(C2)N1C. The van der Waals surface area contributed by atoms with E-state index in [0.29, 0.717) is 0 Å². The average Bonchev–Trinajstić information content (AvgIpc) is 3.17. The first-order valence-electron chi connectivity index (χ1n) is 9.12. The molecule has 6 heteroatoms. The molecule has 0 aliphatic carbocycles. The molecule has 0 aromatic heterocycles. The molecule has 0 radical (unpaired) electrons. The molecule has 0 saturated carbocycles. The molecule has 2 unspecified atom stereocenters. The molecule has 27 heavy (non-hydrogen) atoms. The van der Waals surface area contributed by atoms with Crippen molar-refractivity contribution in [3.63, 3.8) is 0 Å². The van der Waals surface area contributed by atoms with Gasteiger partial charge in [-0.2, -0.15) is 0 Å². The van der Waals surface area contributed by atoms with Crippen LogP contribution in [0, 0.1) is 0 Å². The van der Waals surface area contributed by atoms with Crippen LogP contribution in [0.5, 0.6) is 28.7 Å². The van der Waals surface area contributed by atoms with Gasteiger partial charge in [0.25, 0.3) is 0 Å². The summed E-state index contributed by atoms with van der Waals surface area (Å²) in [4.78, 5) is 2.44. The average molecular weight is 369 g/mol. The van der Waals surface area contributed by atoms with Gasteiger partial charge in [-0.05, 0) is 54.8 Å². The van der Waals surface area contributed by atoms with Crippen LogP contribution in [0.2, 0.25) is 0 Å². The van der Waals surface area contributed by atoms with Crippen LogP contribution in [0.4, 0.5) is 0 Å². The highest BCUT2D eigenvalue weighted by molar-refractivity contribution is 5.63. The van der Waals surface area contributed by atoms with Crippen molar-refractivity contribution in [2.45, 2.75) is 24.9 Å². The third-order valence-corrected chi connectivity index (χ3v) is 6.12. The van der Waals surface area contributed by atoms with E-state index in [1.807, 2.05) is 0 Å². The minimum Gasteiger partial charge on any atom is -0.493 e. The Morgan fingerprint density at radius 1 is 0.815 bits per heavy atom. The Morgan fingerprint density at radius 2 is 1.44 bits per heavy atom. The first kappa shape index (κ1) is 16.6. The van der Waals surface area contributed by atoms with Gasteiger partial charge in [0.1, 0.15) is 0 Å². The van der Waals surface area contributed by atoms with E-state index in [1.54, 1.807) is 21.3 Å². The molecule has 0 saturated heterocycles. The molecule has 6 nitrogen and oxygen atoms in total. The Balaban J connectivity index is 1.67. The molecule has 2 bridgehead atoms. The maximum atomic E-state index is 5.84. The van der Waals surface area contributed by atoms with Gasteiger partial charge in [0.15, 0.2) is 23.0 Å². The fraction of sp³-hybridized carbons (Fsp3) is 0.429. The maximum absolute atomic E-state index is 5.84. The number of hydrogen-bond acceptors (Lipinski definition) is 6. The lowest BCUT2D eigenvalue weighted by atomic mass is 9.76. The number of hydrogen-bond donors (Lipinski definition) is 0. The number of nitrogens with zero attached hydrogens (tertiary/aromatic N) is 1. The second-order valence-electron chi connectivity index (χ2n) is 7.22. The van der Waals surface area contributed by atoms with E-state index in [9.17, 15) is 0 Å². The van der Waals surface area contributed by atoms with Crippen LogP contribution in [0.15, 0.2) is 18.2 Å². The lowest BCUT2D eigenvalue weighted by Crippen LogP contribution is -2.40. The maximum Gasteiger partial charge on any atom is 0.231 e. The third-order valence-electron chi connectivity index (χ3n) is 6.12. The summed E-state index contributed by atoms with van der Waals surface area (Å²) in [5.41, 5.74) is 5.09. The number of ether oxygens (including phenoxy) is 5. The molecule has 2 atom stereocenters. The quantitative estimate of drug-likeness (QED) is 0.828. The fourth-order valence-electron chi connectivity index (χ4n) is 4.76. The molecular weight excluding hydrogens is 346 g/mol. The van der Waals surface area contributed by atoms with E-state index in [1.165, 1.54) is 22.3 Å². The molecule has 2 aromatic carbocycles. The van der Waals surface area contributed by atoms with Crippen molar-refractivity contribution in [1.82, 2.24) is 4.90 Å². The summed E-state index contributed by atoms with van der Waals surface area (Å²) in [5.74, 6) is 3.87. The van der Waals surface area contributed by atoms with E-state index < -0.39 is 0 Å². The molecule has 5 rings (SSSR count). The lowest BCUT2D eigenvalue weighted by molar-refractivity contribution is 0.134. The van der Waals surface area contributed by atoms with Crippen LogP contribution in [-0.2, 0) is 12.8 Å². The molecule has 2 aromatic rings. The third kappa shape index (κ3) is 2.22. The number of methoxy groups -OCH3 is 3. The topological polar surface area (TPSA) is 49.4 Å². The summed E-state index contributed by atoms with van der Waals surface area (Å²) in [6, 6.07) is 6.88. The molecule has 0 fully saturated rings. The summed E-state index contributed by atoms with van der Waals surface area (Å²) in [7, 11) is 7.22. The zero-order valence-corrected chi connectivity index (χ0v) is 16.0. The Labute approximate surface area is 158 Å². The van der Waals surface area contributed by atoms with Crippen molar-refractivity contribution in [3.8, 4) is 28.7 Å². The van der Waals surface area contributed by atoms with Gasteiger partial charge in [-0.1, -0.05) is 0 Å². The van der Waals surface area contributed by atoms with Crippen molar-refractivity contribution in [3.05, 3.63) is 40.5 Å². The second kappa shape index (κ2) is 5.96. The van der Waals surface area contributed by atoms with E-state index in [2.05, 4.69) is 30.1 Å². The summed E-state index contributed by atoms with van der Waals surface area (Å²) in [5, 5.41) is 0. The molecule has 0 N–H and O–H groups in total. The zero-order valence-electron chi connectivity index (χ0n) is 16.0. The van der Waals surface area contributed by atoms with Gasteiger partial charge in [0, 0.05) is 17.6 Å². The minimum atomic E-state index is 0.245. The number of fused-ring (bicyclic) bond motifs is 8. The number of benzene rings is 2. The zero-order chi connectivity index (χ0) is 18.7. The summed E-state index contributed by atoms with van der Waals surface area (Å²) in [6.45, 7) is 0.245. The predicted molar refractivity (Wildman–Crippen MR) is 99.3 cm³/mol. The van der Waals surface area contributed by atoms with E-state index in [0.717, 1.165) is 41.6 Å². The standard InChI is InChI=1S/C21H23NO5/c1-22-15-5-11-6-17(23-2)18(24-3)8-12(11)16(22)7-14-13(15)9-19(25-4)21-20(14)26-10-27-21/h6,8-9,15-16H,5,7,10H2,1-4H3. The highest BCUT2D eigenvalue weighted by Gasteiger charge is 2.42. The van der Waals surface area contributed by atoms with Crippen molar-refractivity contribution in [1.29, 1.82) is 0 Å². The van der Waals surface area contributed by atoms with Gasteiger partial charge in [-0.15, -0.1) is 0 Å². The predicted octanol–water partition coefficient (Wildman–Crippen LogP) is 3.27. The Morgan fingerprint density at radius 3 is 2.19 bits per heavy atom. The van der Waals surface area contributed by atoms with E-state index in [-0.39, 0.29) is 18.9 Å². The molecular formula is C21H23NO5. The van der Waals surface area contributed by atoms with E-state index >= 15 is 0 Å². The molecule has 3 heterocycles. The molecule has 0 amide bonds. The first-order valence-corrected chi connectivity index (χ1v) is 9.12. The second-order valence-corrected chi connectivity index (χ2v) is 7.22. The highest BCUT2D eigenvalue weighted by Crippen LogP contribution is 2.55. The number of rotatable bonds is 3. The highest BCUT2D eigenvalue weighted by atomic mass is 16.7. The smallest absolute Gasteiger partial charge is 0.231 e. The monoisotopic (exact) mass is 369 g/mol. The van der Waals surface area contributed by atoms with Gasteiger partial charge in [-0.25, -0.2) is 0 Å². The van der Waals surface area contributed by atoms with Crippen LogP contribution < -0.4 is 23.7 Å². The Kier molecular flexibility index (Phi) is 3.65. The summed E-state index contributed by atoms with van der Waals surface area (Å²) < 4.78 is 28.2. The van der Waals surface area contributed by atoms with Gasteiger partial charge in [0.2, 0.25) is 12.5 Å². The molecule has 0 spiro atoms. The number of likely N-dealkylation sites (N-methyl/N-ethyl adjacent to an activating group) is 1. The van der Waals surface area contributed by atoms with Crippen molar-refractivity contribution in [2.75, 3.05) is 35.2 Å². The van der Waals surface area contributed by atoms with Crippen LogP contribution >= 0.6 is 0 Å². The first-order chi connectivity index (χ1) is 13.2. The lowest BCUT2D eigenvalue weighted by Gasteiger charge is -2.46. The molecule has 3 aliphatic rings. The van der Waals surface area contributed by atoms with Gasteiger partial charge < -0.3 is 23.7 Å². The van der Waals surface area contributed by atoms with Gasteiger partial charge in [0.05, 0.1) is 21.3 Å². The van der Waals surface area contributed by atoms with Crippen molar-refractivity contribution in [2.24, 2.45) is 0 Å². The fourth-order valence-corrected chi connectivity index (χ4v) is 4.76. The normalized spacial score (nSPS) is 22.1. The largest absolute Gasteiger partial charge is 0.493 e. The van der Waals surface area contributed by atoms with Crippen LogP contribution in [0.1, 0.15) is 34.3 Å². The molecule has 3 aliphatic heterocycles. The van der Waals surface area contributed by atoms with Crippen molar-refractivity contribution >= 4 is 0 Å². The van der Waals surface area contributed by atoms with Gasteiger partial charge in [-0.3, -0.25) is 4.90 Å². The summed E-state index contributed by atoms with van der Waals surface area (Å²) in [6.07, 6.45) is 1.76. The minimum absolute atomic E-state index is 0.245. The Bertz CT molecular complexity index is 926. The summed E-state index contributed by atoms with van der Waals surface area (Å²) >= 11 is 0. The van der Waals surface area contributed by atoms with Crippen molar-refractivity contribution < 1.29 is 23.7 Å².